The van der Waals surface area contributed by atoms with Crippen LogP contribution in [0.4, 0.5) is 10.1 Å². The quantitative estimate of drug-likeness (QED) is 0.662. The van der Waals surface area contributed by atoms with Crippen LogP contribution in [0.1, 0.15) is 13.3 Å². The molecule has 0 aliphatic carbocycles. The van der Waals surface area contributed by atoms with Crippen LogP contribution < -0.4 is 9.64 Å². The number of hydrogen-bond donors (Lipinski definition) is 0. The lowest BCUT2D eigenvalue weighted by molar-refractivity contribution is -0.116. The maximum absolute atomic E-state index is 12.9. The van der Waals surface area contributed by atoms with Crippen molar-refractivity contribution in [2.75, 3.05) is 23.8 Å². The summed E-state index contributed by atoms with van der Waals surface area (Å²) in [6.45, 7) is 2.81. The summed E-state index contributed by atoms with van der Waals surface area (Å²) in [6.07, 6.45) is 0.250. The lowest BCUT2D eigenvalue weighted by atomic mass is 10.2. The number of halogens is 1. The van der Waals surface area contributed by atoms with E-state index >= 15 is 0 Å². The van der Waals surface area contributed by atoms with Crippen molar-refractivity contribution in [2.45, 2.75) is 18.2 Å². The van der Waals surface area contributed by atoms with Crippen molar-refractivity contribution in [3.05, 3.63) is 54.3 Å². The predicted octanol–water partition coefficient (Wildman–Crippen LogP) is 4.26. The van der Waals surface area contributed by atoms with Gasteiger partial charge in [0.1, 0.15) is 11.6 Å². The first kappa shape index (κ1) is 18.8. The highest BCUT2D eigenvalue weighted by atomic mass is 32.2. The molecule has 130 valence electrons. The van der Waals surface area contributed by atoms with Gasteiger partial charge >= 0.3 is 0 Å². The van der Waals surface area contributed by atoms with E-state index in [1.807, 2.05) is 19.1 Å². The molecular formula is C19H19FN2O2S. The Kier molecular flexibility index (Phi) is 7.30. The fourth-order valence-electron chi connectivity index (χ4n) is 2.20. The zero-order valence-electron chi connectivity index (χ0n) is 13.9. The molecule has 0 bridgehead atoms. The molecule has 0 aliphatic heterocycles. The monoisotopic (exact) mass is 358 g/mol. The molecule has 0 N–H and O–H groups in total. The number of carbonyl (C=O) groups is 1. The second-order valence-corrected chi connectivity index (χ2v) is 6.17. The number of nitrogens with zero attached hydrogens (tertiary/aromatic N) is 2. The number of benzene rings is 2. The maximum Gasteiger partial charge on any atom is 0.237 e. The molecule has 25 heavy (non-hydrogen) atoms. The van der Waals surface area contributed by atoms with Crippen LogP contribution in [0.15, 0.2) is 53.4 Å². The van der Waals surface area contributed by atoms with Crippen LogP contribution in [0.5, 0.6) is 5.75 Å². The summed E-state index contributed by atoms with van der Waals surface area (Å²) in [6, 6.07) is 15.3. The number of anilines is 1. The predicted molar refractivity (Wildman–Crippen MR) is 97.3 cm³/mol. The van der Waals surface area contributed by atoms with Crippen molar-refractivity contribution in [1.29, 1.82) is 5.26 Å². The molecule has 2 aromatic rings. The van der Waals surface area contributed by atoms with Crippen LogP contribution in [0.3, 0.4) is 0 Å². The van der Waals surface area contributed by atoms with Crippen LogP contribution in [0.2, 0.25) is 0 Å². The number of rotatable bonds is 8. The van der Waals surface area contributed by atoms with E-state index in [9.17, 15) is 9.18 Å². The smallest absolute Gasteiger partial charge is 0.237 e. The van der Waals surface area contributed by atoms with E-state index in [2.05, 4.69) is 6.07 Å². The third-order valence-electron chi connectivity index (χ3n) is 3.38. The molecule has 0 heterocycles. The molecule has 0 saturated heterocycles. The van der Waals surface area contributed by atoms with Crippen molar-refractivity contribution in [3.8, 4) is 11.8 Å². The van der Waals surface area contributed by atoms with E-state index in [0.717, 1.165) is 16.3 Å². The first-order valence-corrected chi connectivity index (χ1v) is 8.91. The van der Waals surface area contributed by atoms with Crippen molar-refractivity contribution in [3.63, 3.8) is 0 Å². The largest absolute Gasteiger partial charge is 0.494 e. The third kappa shape index (κ3) is 5.80. The van der Waals surface area contributed by atoms with Crippen molar-refractivity contribution >= 4 is 23.4 Å². The highest BCUT2D eigenvalue weighted by Crippen LogP contribution is 2.23. The van der Waals surface area contributed by atoms with E-state index in [1.165, 1.54) is 23.9 Å². The summed E-state index contributed by atoms with van der Waals surface area (Å²) in [7, 11) is 0. The van der Waals surface area contributed by atoms with Gasteiger partial charge in [-0.1, -0.05) is 0 Å². The zero-order valence-corrected chi connectivity index (χ0v) is 14.8. The molecule has 0 aromatic heterocycles. The fraction of sp³-hybridized carbons (Fsp3) is 0.263. The van der Waals surface area contributed by atoms with Crippen molar-refractivity contribution in [1.82, 2.24) is 0 Å². The summed E-state index contributed by atoms with van der Waals surface area (Å²) in [5.74, 6) is 0.540. The van der Waals surface area contributed by atoms with Gasteiger partial charge in [-0.15, -0.1) is 11.8 Å². The summed E-state index contributed by atoms with van der Waals surface area (Å²) < 4.78 is 18.3. The van der Waals surface area contributed by atoms with Gasteiger partial charge in [0.05, 0.1) is 24.8 Å². The highest BCUT2D eigenvalue weighted by Gasteiger charge is 2.16. The topological polar surface area (TPSA) is 53.3 Å². The third-order valence-corrected chi connectivity index (χ3v) is 4.38. The fourth-order valence-corrected chi connectivity index (χ4v) is 2.98. The number of carbonyl (C=O) groups excluding carboxylic acids is 1. The molecule has 0 unspecified atom stereocenters. The van der Waals surface area contributed by atoms with E-state index in [0.29, 0.717) is 13.2 Å². The zero-order chi connectivity index (χ0) is 18.1. The first-order chi connectivity index (χ1) is 12.1. The number of hydrogen-bond acceptors (Lipinski definition) is 4. The highest BCUT2D eigenvalue weighted by molar-refractivity contribution is 8.00. The number of amides is 1. The molecule has 1 amide bonds. The van der Waals surface area contributed by atoms with Gasteiger partial charge in [-0.05, 0) is 55.5 Å². The number of nitriles is 1. The molecule has 0 fully saturated rings. The van der Waals surface area contributed by atoms with Gasteiger partial charge in [0, 0.05) is 17.1 Å². The number of thioether (sulfide) groups is 1. The minimum atomic E-state index is -0.305. The Morgan fingerprint density at radius 3 is 2.48 bits per heavy atom. The molecule has 2 rings (SSSR count). The Morgan fingerprint density at radius 2 is 1.88 bits per heavy atom. The molecule has 0 spiro atoms. The van der Waals surface area contributed by atoms with Crippen LogP contribution >= 0.6 is 11.8 Å². The van der Waals surface area contributed by atoms with Crippen LogP contribution in [-0.2, 0) is 4.79 Å². The molecule has 2 aromatic carbocycles. The molecule has 0 atom stereocenters. The van der Waals surface area contributed by atoms with E-state index in [1.54, 1.807) is 29.2 Å². The summed E-state index contributed by atoms with van der Waals surface area (Å²) in [4.78, 5) is 15.0. The van der Waals surface area contributed by atoms with Gasteiger partial charge in [-0.25, -0.2) is 4.39 Å². The molecule has 6 heteroatoms. The van der Waals surface area contributed by atoms with Crippen molar-refractivity contribution in [2.24, 2.45) is 0 Å². The molecule has 0 saturated carbocycles. The summed E-state index contributed by atoms with van der Waals surface area (Å²) in [5.41, 5.74) is 0.725. The Morgan fingerprint density at radius 1 is 1.20 bits per heavy atom. The Hall–Kier alpha value is -2.52. The van der Waals surface area contributed by atoms with Gasteiger partial charge in [0.25, 0.3) is 0 Å². The van der Waals surface area contributed by atoms with E-state index in [-0.39, 0.29) is 23.9 Å². The molecular weight excluding hydrogens is 339 g/mol. The number of ether oxygens (including phenoxy) is 1. The minimum absolute atomic E-state index is 0.103. The minimum Gasteiger partial charge on any atom is -0.494 e. The lowest BCUT2D eigenvalue weighted by Crippen LogP contribution is -2.33. The average molecular weight is 358 g/mol. The molecule has 0 radical (unpaired) electrons. The van der Waals surface area contributed by atoms with E-state index in [4.69, 9.17) is 10.00 Å². The van der Waals surface area contributed by atoms with Crippen molar-refractivity contribution < 1.29 is 13.9 Å². The summed E-state index contributed by atoms with van der Waals surface area (Å²) in [5, 5.41) is 8.84. The van der Waals surface area contributed by atoms with Gasteiger partial charge in [-0.2, -0.15) is 5.26 Å². The van der Waals surface area contributed by atoms with Gasteiger partial charge in [0.2, 0.25) is 5.91 Å². The normalized spacial score (nSPS) is 10.1. The SMILES string of the molecule is CCOc1ccc(N(CCC#N)C(=O)CSc2ccc(F)cc2)cc1. The van der Waals surface area contributed by atoms with Crippen LogP contribution in [0.25, 0.3) is 0 Å². The maximum atomic E-state index is 12.9. The van der Waals surface area contributed by atoms with Crippen LogP contribution in [-0.4, -0.2) is 24.8 Å². The van der Waals surface area contributed by atoms with E-state index < -0.39 is 0 Å². The Bertz CT molecular complexity index is 727. The second kappa shape index (κ2) is 9.70. The standard InChI is InChI=1S/C19H19FN2O2S/c1-2-24-17-8-6-16(7-9-17)22(13-3-12-21)19(23)14-25-18-10-4-15(20)5-11-18/h4-11H,2-3,13-14H2,1H3. The molecule has 4 nitrogen and oxygen atoms in total. The second-order valence-electron chi connectivity index (χ2n) is 5.12. The Labute approximate surface area is 151 Å². The Balaban J connectivity index is 2.05. The van der Waals surface area contributed by atoms with Gasteiger partial charge in [0.15, 0.2) is 0 Å². The average Bonchev–Trinajstić information content (AvgIpc) is 2.63. The van der Waals surface area contributed by atoms with Gasteiger partial charge < -0.3 is 9.64 Å². The molecule has 0 aliphatic rings. The lowest BCUT2D eigenvalue weighted by Gasteiger charge is -2.22. The first-order valence-electron chi connectivity index (χ1n) is 7.92. The van der Waals surface area contributed by atoms with Gasteiger partial charge in [-0.3, -0.25) is 4.79 Å². The van der Waals surface area contributed by atoms with Crippen LogP contribution in [0, 0.1) is 17.1 Å². The summed E-state index contributed by atoms with van der Waals surface area (Å²) >= 11 is 1.34.